The number of rotatable bonds is 2. The van der Waals surface area contributed by atoms with Crippen LogP contribution in [0.4, 0.5) is 0 Å². The third-order valence-corrected chi connectivity index (χ3v) is 6.57. The summed E-state index contributed by atoms with van der Waals surface area (Å²) >= 11 is 0. The lowest BCUT2D eigenvalue weighted by Crippen LogP contribution is -2.29. The van der Waals surface area contributed by atoms with Crippen LogP contribution in [0.5, 0.6) is 0 Å². The van der Waals surface area contributed by atoms with Gasteiger partial charge in [-0.05, 0) is 29.5 Å². The molecule has 1 heterocycles. The molecule has 1 aliphatic heterocycles. The van der Waals surface area contributed by atoms with E-state index >= 15 is 0 Å². The average Bonchev–Trinajstić information content (AvgIpc) is 2.84. The summed E-state index contributed by atoms with van der Waals surface area (Å²) in [6.45, 7) is 0. The highest BCUT2D eigenvalue weighted by Gasteiger charge is 2.52. The second-order valence-electron chi connectivity index (χ2n) is 4.20. The van der Waals surface area contributed by atoms with Crippen LogP contribution in [0.1, 0.15) is 0 Å². The van der Waals surface area contributed by atoms with E-state index < -0.39 is 7.41 Å². The number of carbonyl (C=O) groups is 1. The molecule has 3 nitrogen and oxygen atoms in total. The minimum atomic E-state index is -1.93. The van der Waals surface area contributed by atoms with E-state index in [1.165, 1.54) is 0 Å². The molecule has 18 heavy (non-hydrogen) atoms. The Labute approximate surface area is 106 Å². The predicted octanol–water partition coefficient (Wildman–Crippen LogP) is 1.63. The lowest BCUT2D eigenvalue weighted by molar-refractivity contribution is -0.141. The van der Waals surface area contributed by atoms with Gasteiger partial charge < -0.3 is 4.84 Å². The number of nitrogens with one attached hydrogen (secondary N) is 1. The molecule has 0 atom stereocenters. The Balaban J connectivity index is 2.14. The van der Waals surface area contributed by atoms with Crippen molar-refractivity contribution in [3.05, 3.63) is 60.7 Å². The van der Waals surface area contributed by atoms with Gasteiger partial charge >= 0.3 is 5.97 Å². The maximum absolute atomic E-state index is 11.5. The Morgan fingerprint density at radius 3 is 1.78 bits per heavy atom. The quantitative estimate of drug-likeness (QED) is 0.832. The van der Waals surface area contributed by atoms with Crippen LogP contribution in [-0.2, 0) is 9.63 Å². The number of hydrogen-bond acceptors (Lipinski definition) is 3. The molecule has 4 heteroatoms. The van der Waals surface area contributed by atoms with Crippen molar-refractivity contribution >= 4 is 24.0 Å². The fourth-order valence-corrected chi connectivity index (χ4v) is 5.20. The van der Waals surface area contributed by atoms with Gasteiger partial charge in [0.15, 0.2) is 13.6 Å². The zero-order chi connectivity index (χ0) is 12.4. The fraction of sp³-hybridized carbons (Fsp3) is 0.0714. The molecule has 0 saturated carbocycles. The van der Waals surface area contributed by atoms with Crippen LogP contribution in [0.3, 0.4) is 0 Å². The summed E-state index contributed by atoms with van der Waals surface area (Å²) in [5, 5.41) is 5.30. The summed E-state index contributed by atoms with van der Waals surface area (Å²) in [5.74, 6) is -0.184. The number of hydrogen-bond donors (Lipinski definition) is 1. The average molecular weight is 258 g/mol. The summed E-state index contributed by atoms with van der Waals surface area (Å²) in [6.07, 6.45) is 0.418. The van der Waals surface area contributed by atoms with Crippen molar-refractivity contribution in [3.63, 3.8) is 0 Å². The molecule has 2 aromatic carbocycles. The Bertz CT molecular complexity index is 517. The zero-order valence-corrected chi connectivity index (χ0v) is 10.6. The minimum Gasteiger partial charge on any atom is -0.333 e. The second kappa shape index (κ2) is 4.52. The van der Waals surface area contributed by atoms with Crippen LogP contribution in [0.2, 0.25) is 0 Å². The first-order chi connectivity index (χ1) is 8.81. The van der Waals surface area contributed by atoms with Crippen molar-refractivity contribution in [2.45, 2.75) is 0 Å². The second-order valence-corrected chi connectivity index (χ2v) is 7.36. The van der Waals surface area contributed by atoms with Crippen molar-refractivity contribution in [3.8, 4) is 0 Å². The number of carbonyl (C=O) groups excluding carboxylic acids is 1. The standard InChI is InChI=1S/C14H13NO2P/c16-14-11-18(15-17-14,12-7-3-1-4-8-12)13-9-5-2-6-10-13/h1-10,15H,11H2/q+1. The third kappa shape index (κ3) is 1.82. The lowest BCUT2D eigenvalue weighted by atomic mass is 10.4. The van der Waals surface area contributed by atoms with Gasteiger partial charge in [-0.3, -0.25) is 0 Å². The molecule has 1 aliphatic rings. The summed E-state index contributed by atoms with van der Waals surface area (Å²) in [4.78, 5) is 16.6. The highest BCUT2D eigenvalue weighted by Crippen LogP contribution is 2.54. The maximum atomic E-state index is 11.5. The largest absolute Gasteiger partial charge is 0.368 e. The molecule has 0 radical (unpaired) electrons. The van der Waals surface area contributed by atoms with Crippen LogP contribution in [0.15, 0.2) is 60.7 Å². The monoisotopic (exact) mass is 258 g/mol. The van der Waals surface area contributed by atoms with Gasteiger partial charge in [0.05, 0.1) is 0 Å². The molecule has 0 aliphatic carbocycles. The molecule has 0 aromatic heterocycles. The first-order valence-corrected chi connectivity index (χ1v) is 7.75. The molecule has 0 amide bonds. The zero-order valence-electron chi connectivity index (χ0n) is 9.74. The van der Waals surface area contributed by atoms with E-state index in [-0.39, 0.29) is 5.97 Å². The molecule has 90 valence electrons. The van der Waals surface area contributed by atoms with E-state index in [0.717, 1.165) is 10.6 Å². The normalized spacial score (nSPS) is 17.4. The molecule has 3 rings (SSSR count). The smallest absolute Gasteiger partial charge is 0.333 e. The van der Waals surface area contributed by atoms with E-state index in [9.17, 15) is 4.79 Å². The summed E-state index contributed by atoms with van der Waals surface area (Å²) in [6, 6.07) is 20.1. The Hall–Kier alpha value is -1.70. The van der Waals surface area contributed by atoms with E-state index in [2.05, 4.69) is 29.5 Å². The van der Waals surface area contributed by atoms with Crippen LogP contribution in [-0.4, -0.2) is 12.1 Å². The molecule has 0 bridgehead atoms. The summed E-state index contributed by atoms with van der Waals surface area (Å²) in [7, 11) is -1.93. The van der Waals surface area contributed by atoms with Crippen molar-refractivity contribution in [2.24, 2.45) is 0 Å². The topological polar surface area (TPSA) is 38.3 Å². The molecule has 1 fully saturated rings. The van der Waals surface area contributed by atoms with E-state index in [1.807, 2.05) is 36.4 Å². The van der Waals surface area contributed by atoms with Gasteiger partial charge in [0.1, 0.15) is 10.6 Å². The van der Waals surface area contributed by atoms with Crippen molar-refractivity contribution in [1.82, 2.24) is 5.25 Å². The van der Waals surface area contributed by atoms with Crippen molar-refractivity contribution in [2.75, 3.05) is 6.16 Å². The Morgan fingerprint density at radius 1 is 0.889 bits per heavy atom. The van der Waals surface area contributed by atoms with Gasteiger partial charge in [-0.1, -0.05) is 36.4 Å². The molecule has 1 N–H and O–H groups in total. The molecular weight excluding hydrogens is 245 g/mol. The lowest BCUT2D eigenvalue weighted by Gasteiger charge is -2.17. The SMILES string of the molecule is O=C1C[P+](c2ccccc2)(c2ccccc2)NO1. The Morgan fingerprint density at radius 2 is 1.39 bits per heavy atom. The number of benzene rings is 2. The minimum absolute atomic E-state index is 0.184. The van der Waals surface area contributed by atoms with Crippen LogP contribution in [0.25, 0.3) is 0 Å². The summed E-state index contributed by atoms with van der Waals surface area (Å²) in [5.41, 5.74) is 0. The highest BCUT2D eigenvalue weighted by molar-refractivity contribution is 7.88. The molecule has 0 unspecified atom stereocenters. The van der Waals surface area contributed by atoms with E-state index in [0.29, 0.717) is 6.16 Å². The van der Waals surface area contributed by atoms with Crippen molar-refractivity contribution in [1.29, 1.82) is 0 Å². The third-order valence-electron chi connectivity index (χ3n) is 3.08. The Kier molecular flexibility index (Phi) is 2.86. The van der Waals surface area contributed by atoms with E-state index in [1.54, 1.807) is 0 Å². The van der Waals surface area contributed by atoms with E-state index in [4.69, 9.17) is 4.84 Å². The molecular formula is C14H13NO2P+. The highest BCUT2D eigenvalue weighted by atomic mass is 31.2. The van der Waals surface area contributed by atoms with Crippen LogP contribution in [0, 0.1) is 0 Å². The van der Waals surface area contributed by atoms with Gasteiger partial charge in [0, 0.05) is 0 Å². The van der Waals surface area contributed by atoms with Crippen LogP contribution < -0.4 is 15.9 Å². The fourth-order valence-electron chi connectivity index (χ4n) is 2.19. The maximum Gasteiger partial charge on any atom is 0.368 e. The van der Waals surface area contributed by atoms with Gasteiger partial charge in [0.2, 0.25) is 0 Å². The van der Waals surface area contributed by atoms with Gasteiger partial charge in [-0.15, -0.1) is 0 Å². The first kappa shape index (κ1) is 11.4. The summed E-state index contributed by atoms with van der Waals surface area (Å²) < 4.78 is 0. The van der Waals surface area contributed by atoms with Crippen molar-refractivity contribution < 1.29 is 9.63 Å². The molecule has 2 aromatic rings. The molecule has 1 saturated heterocycles. The molecule has 0 spiro atoms. The van der Waals surface area contributed by atoms with Gasteiger partial charge in [0.25, 0.3) is 0 Å². The van der Waals surface area contributed by atoms with Crippen LogP contribution >= 0.6 is 7.41 Å². The first-order valence-electron chi connectivity index (χ1n) is 5.77. The van der Waals surface area contributed by atoms with Gasteiger partial charge in [-0.2, -0.15) is 0 Å². The predicted molar refractivity (Wildman–Crippen MR) is 73.2 cm³/mol. The van der Waals surface area contributed by atoms with Gasteiger partial charge in [-0.25, -0.2) is 4.79 Å².